The number of aliphatic hydroxyl groups is 1. The van der Waals surface area contributed by atoms with Crippen molar-refractivity contribution in [1.82, 2.24) is 4.31 Å². The number of rotatable bonds is 4. The van der Waals surface area contributed by atoms with E-state index >= 15 is 0 Å². The van der Waals surface area contributed by atoms with Gasteiger partial charge in [0.2, 0.25) is 10.0 Å². The second kappa shape index (κ2) is 6.00. The second-order valence-corrected chi connectivity index (χ2v) is 7.54. The Morgan fingerprint density at radius 2 is 2.00 bits per heavy atom. The molecule has 0 unspecified atom stereocenters. The number of benzene rings is 1. The molecule has 7 heteroatoms. The predicted molar refractivity (Wildman–Crippen MR) is 76.0 cm³/mol. The molecule has 1 fully saturated rings. The molecule has 0 aromatic heterocycles. The molecule has 0 atom stereocenters. The van der Waals surface area contributed by atoms with Gasteiger partial charge >= 0.3 is 0 Å². The molecule has 1 aromatic rings. The van der Waals surface area contributed by atoms with Gasteiger partial charge in [-0.05, 0) is 24.6 Å². The summed E-state index contributed by atoms with van der Waals surface area (Å²) in [7, 11) is -2.62. The maximum Gasteiger partial charge on any atom is 0.245 e. The van der Waals surface area contributed by atoms with Crippen LogP contribution in [0.1, 0.15) is 18.4 Å². The van der Waals surface area contributed by atoms with Crippen LogP contribution < -0.4 is 0 Å². The van der Waals surface area contributed by atoms with Crippen molar-refractivity contribution >= 4 is 10.0 Å². The van der Waals surface area contributed by atoms with Crippen molar-refractivity contribution in [2.45, 2.75) is 30.3 Å². The predicted octanol–water partition coefficient (Wildman–Crippen LogP) is 1.30. The lowest BCUT2D eigenvalue weighted by Crippen LogP contribution is -2.47. The molecule has 1 saturated heterocycles. The van der Waals surface area contributed by atoms with E-state index in [2.05, 4.69) is 0 Å². The summed E-state index contributed by atoms with van der Waals surface area (Å²) in [4.78, 5) is -0.361. The molecule has 0 bridgehead atoms. The zero-order valence-electron chi connectivity index (χ0n) is 12.2. The molecule has 21 heavy (non-hydrogen) atoms. The number of halogens is 1. The van der Waals surface area contributed by atoms with E-state index in [1.54, 1.807) is 6.92 Å². The van der Waals surface area contributed by atoms with E-state index in [9.17, 15) is 17.9 Å². The normalized spacial score (nSPS) is 18.9. The smallest absolute Gasteiger partial charge is 0.245 e. The van der Waals surface area contributed by atoms with Gasteiger partial charge < -0.3 is 9.84 Å². The molecule has 0 spiro atoms. The first-order chi connectivity index (χ1) is 9.74. The van der Waals surface area contributed by atoms with Gasteiger partial charge in [0.1, 0.15) is 10.7 Å². The summed E-state index contributed by atoms with van der Waals surface area (Å²) in [5.41, 5.74) is -0.464. The van der Waals surface area contributed by atoms with Crippen LogP contribution in [0, 0.1) is 12.7 Å². The van der Waals surface area contributed by atoms with Crippen LogP contribution in [-0.2, 0) is 14.8 Å². The molecule has 1 aliphatic rings. The van der Waals surface area contributed by atoms with Crippen molar-refractivity contribution in [2.75, 3.05) is 26.8 Å². The number of ether oxygens (including phenoxy) is 1. The molecule has 1 heterocycles. The number of sulfonamides is 1. The standard InChI is InChI=1S/C14H20FNO4S/c1-11-3-4-12(15)13(9-11)21(18,19)16(2)10-14(17)5-7-20-8-6-14/h3-4,9,17H,5-8,10H2,1-2H3. The van der Waals surface area contributed by atoms with E-state index in [1.165, 1.54) is 19.2 Å². The van der Waals surface area contributed by atoms with Gasteiger partial charge in [0.05, 0.1) is 5.60 Å². The molecule has 1 aromatic carbocycles. The van der Waals surface area contributed by atoms with Gasteiger partial charge in [-0.25, -0.2) is 12.8 Å². The Kier molecular flexibility index (Phi) is 4.67. The average Bonchev–Trinajstić information content (AvgIpc) is 2.41. The van der Waals surface area contributed by atoms with E-state index in [0.717, 1.165) is 10.4 Å². The minimum Gasteiger partial charge on any atom is -0.388 e. The van der Waals surface area contributed by atoms with Crippen LogP contribution in [0.3, 0.4) is 0 Å². The summed E-state index contributed by atoms with van der Waals surface area (Å²) in [5, 5.41) is 10.4. The van der Waals surface area contributed by atoms with E-state index < -0.39 is 21.4 Å². The van der Waals surface area contributed by atoms with Crippen LogP contribution in [0.15, 0.2) is 23.1 Å². The van der Waals surface area contributed by atoms with Crippen LogP contribution in [0.2, 0.25) is 0 Å². The van der Waals surface area contributed by atoms with Gasteiger partial charge in [0, 0.05) is 39.6 Å². The van der Waals surface area contributed by atoms with E-state index in [0.29, 0.717) is 31.6 Å². The van der Waals surface area contributed by atoms with Gasteiger partial charge in [-0.2, -0.15) is 4.31 Å². The van der Waals surface area contributed by atoms with Crippen molar-refractivity contribution < 1.29 is 22.7 Å². The fraction of sp³-hybridized carbons (Fsp3) is 0.571. The van der Waals surface area contributed by atoms with Crippen molar-refractivity contribution in [1.29, 1.82) is 0 Å². The van der Waals surface area contributed by atoms with Gasteiger partial charge in [0.15, 0.2) is 0 Å². The second-order valence-electron chi connectivity index (χ2n) is 5.53. The van der Waals surface area contributed by atoms with Crippen molar-refractivity contribution in [3.63, 3.8) is 0 Å². The fourth-order valence-corrected chi connectivity index (χ4v) is 3.78. The first-order valence-corrected chi connectivity index (χ1v) is 8.21. The first-order valence-electron chi connectivity index (χ1n) is 6.77. The van der Waals surface area contributed by atoms with Gasteiger partial charge in [-0.1, -0.05) is 6.07 Å². The quantitative estimate of drug-likeness (QED) is 0.909. The number of nitrogens with zero attached hydrogens (tertiary/aromatic N) is 1. The third-order valence-electron chi connectivity index (χ3n) is 3.72. The molecule has 118 valence electrons. The Labute approximate surface area is 124 Å². The molecule has 1 aliphatic heterocycles. The molecule has 0 aliphatic carbocycles. The summed E-state index contributed by atoms with van der Waals surface area (Å²) >= 11 is 0. The van der Waals surface area contributed by atoms with Crippen LogP contribution in [0.4, 0.5) is 4.39 Å². The molecule has 5 nitrogen and oxygen atoms in total. The van der Waals surface area contributed by atoms with Crippen molar-refractivity contribution in [2.24, 2.45) is 0 Å². The third-order valence-corrected chi connectivity index (χ3v) is 5.53. The Morgan fingerprint density at radius 1 is 1.38 bits per heavy atom. The van der Waals surface area contributed by atoms with Crippen molar-refractivity contribution in [3.05, 3.63) is 29.6 Å². The maximum absolute atomic E-state index is 13.8. The number of likely N-dealkylation sites (N-methyl/N-ethyl adjacent to an activating group) is 1. The highest BCUT2D eigenvalue weighted by atomic mass is 32.2. The van der Waals surface area contributed by atoms with Crippen molar-refractivity contribution in [3.8, 4) is 0 Å². The molecular formula is C14H20FNO4S. The Bertz CT molecular complexity index is 611. The SMILES string of the molecule is Cc1ccc(F)c(S(=O)(=O)N(C)CC2(O)CCOCC2)c1. The van der Waals surface area contributed by atoms with Crippen LogP contribution in [0.25, 0.3) is 0 Å². The molecule has 0 saturated carbocycles. The van der Waals surface area contributed by atoms with Crippen LogP contribution >= 0.6 is 0 Å². The number of aryl methyl sites for hydroxylation is 1. The molecule has 0 radical (unpaired) electrons. The topological polar surface area (TPSA) is 66.8 Å². The molecule has 0 amide bonds. The van der Waals surface area contributed by atoms with E-state index in [4.69, 9.17) is 4.74 Å². The highest BCUT2D eigenvalue weighted by Gasteiger charge is 2.35. The summed E-state index contributed by atoms with van der Waals surface area (Å²) in [5.74, 6) is -0.786. The molecule has 1 N–H and O–H groups in total. The van der Waals surface area contributed by atoms with Gasteiger partial charge in [-0.15, -0.1) is 0 Å². The zero-order chi connectivity index (χ0) is 15.7. The maximum atomic E-state index is 13.8. The monoisotopic (exact) mass is 317 g/mol. The fourth-order valence-electron chi connectivity index (χ4n) is 2.39. The lowest BCUT2D eigenvalue weighted by molar-refractivity contribution is -0.0689. The Hall–Kier alpha value is -1.02. The Balaban J connectivity index is 2.24. The van der Waals surface area contributed by atoms with Gasteiger partial charge in [0.25, 0.3) is 0 Å². The summed E-state index contributed by atoms with van der Waals surface area (Å²) in [6.45, 7) is 2.41. The minimum absolute atomic E-state index is 0.0773. The molecule has 2 rings (SSSR count). The van der Waals surface area contributed by atoms with Crippen LogP contribution in [0.5, 0.6) is 0 Å². The first kappa shape index (κ1) is 16.4. The number of hydrogen-bond acceptors (Lipinski definition) is 4. The summed E-state index contributed by atoms with van der Waals surface area (Å²) < 4.78 is 44.9. The lowest BCUT2D eigenvalue weighted by atomic mass is 9.95. The van der Waals surface area contributed by atoms with Crippen LogP contribution in [-0.4, -0.2) is 50.2 Å². The number of hydrogen-bond donors (Lipinski definition) is 1. The zero-order valence-corrected chi connectivity index (χ0v) is 13.0. The minimum atomic E-state index is -3.97. The van der Waals surface area contributed by atoms with E-state index in [-0.39, 0.29) is 11.4 Å². The summed E-state index contributed by atoms with van der Waals surface area (Å²) in [6.07, 6.45) is 0.728. The highest BCUT2D eigenvalue weighted by Crippen LogP contribution is 2.25. The summed E-state index contributed by atoms with van der Waals surface area (Å²) in [6, 6.07) is 3.95. The average molecular weight is 317 g/mol. The third kappa shape index (κ3) is 3.60. The van der Waals surface area contributed by atoms with E-state index in [1.807, 2.05) is 0 Å². The lowest BCUT2D eigenvalue weighted by Gasteiger charge is -2.35. The van der Waals surface area contributed by atoms with Gasteiger partial charge in [-0.3, -0.25) is 0 Å². The Morgan fingerprint density at radius 3 is 2.62 bits per heavy atom. The highest BCUT2D eigenvalue weighted by molar-refractivity contribution is 7.89. The largest absolute Gasteiger partial charge is 0.388 e. The molecular weight excluding hydrogens is 297 g/mol.